The Morgan fingerprint density at radius 2 is 0.614 bits per heavy atom. The van der Waals surface area contributed by atoms with Gasteiger partial charge in [0.1, 0.15) is 0 Å². The molecule has 4 heteroatoms. The highest BCUT2D eigenvalue weighted by Crippen LogP contribution is 2.15. The van der Waals surface area contributed by atoms with Crippen molar-refractivity contribution in [2.75, 3.05) is 6.61 Å². The van der Waals surface area contributed by atoms with E-state index in [2.05, 4.69) is 13.8 Å². The first-order valence-corrected chi connectivity index (χ1v) is 19.9. The van der Waals surface area contributed by atoms with E-state index in [-0.39, 0.29) is 5.97 Å². The number of carbonyl (C=O) groups is 2. The summed E-state index contributed by atoms with van der Waals surface area (Å²) in [5, 5.41) is 8.54. The monoisotopic (exact) mass is 625 g/mol. The van der Waals surface area contributed by atoms with Crippen LogP contribution < -0.4 is 0 Å². The maximum atomic E-state index is 10.6. The molecule has 0 aromatic heterocycles. The van der Waals surface area contributed by atoms with E-state index < -0.39 is 5.97 Å². The van der Waals surface area contributed by atoms with Gasteiger partial charge in [0.15, 0.2) is 0 Å². The second-order valence-corrected chi connectivity index (χ2v) is 13.4. The van der Waals surface area contributed by atoms with Gasteiger partial charge in [-0.25, -0.2) is 0 Å². The molecule has 0 rings (SSSR count). The molecule has 0 spiro atoms. The third kappa shape index (κ3) is 47.9. The number of ether oxygens (including phenoxy) is 1. The molecule has 0 aromatic carbocycles. The fraction of sp³-hybridized carbons (Fsp3) is 0.950. The van der Waals surface area contributed by atoms with Crippen molar-refractivity contribution in [2.24, 2.45) is 0 Å². The third-order valence-electron chi connectivity index (χ3n) is 8.80. The number of unbranched alkanes of at least 4 members (excludes halogenated alkanes) is 31. The molecule has 0 amide bonds. The summed E-state index contributed by atoms with van der Waals surface area (Å²) >= 11 is 0. The summed E-state index contributed by atoms with van der Waals surface area (Å²) in [5.41, 5.74) is 0. The lowest BCUT2D eigenvalue weighted by molar-refractivity contribution is -0.141. The highest BCUT2D eigenvalue weighted by atomic mass is 16.5. The van der Waals surface area contributed by atoms with Gasteiger partial charge in [-0.2, -0.15) is 0 Å². The number of hydrogen-bond acceptors (Lipinski definition) is 3. The van der Waals surface area contributed by atoms with E-state index in [4.69, 9.17) is 9.84 Å². The van der Waals surface area contributed by atoms with Gasteiger partial charge < -0.3 is 9.84 Å². The van der Waals surface area contributed by atoms with Crippen molar-refractivity contribution >= 4 is 11.9 Å². The zero-order valence-electron chi connectivity index (χ0n) is 30.4. The minimum Gasteiger partial charge on any atom is -0.481 e. The van der Waals surface area contributed by atoms with Crippen LogP contribution >= 0.6 is 0 Å². The smallest absolute Gasteiger partial charge is 0.303 e. The van der Waals surface area contributed by atoms with Crippen LogP contribution in [0.1, 0.15) is 239 Å². The molecular weight excluding hydrogens is 544 g/mol. The van der Waals surface area contributed by atoms with E-state index in [1.807, 2.05) is 0 Å². The standard InChI is InChI=1S/2C20H40O2/c1-3-4-5-6-7-8-9-10-11-12-13-14-15-16-17-18-19-22-20(2)21;1-2-3-4-5-6-7-8-9-10-11-12-13-14-15-16-17-18-19-20(21)22/h3-19H2,1-2H3;2-19H2,1H3,(H,21,22). The number of hydrogen-bond donors (Lipinski definition) is 1. The van der Waals surface area contributed by atoms with Crippen LogP contribution in [0.15, 0.2) is 0 Å². The summed E-state index contributed by atoms with van der Waals surface area (Å²) in [5.74, 6) is -0.804. The summed E-state index contributed by atoms with van der Waals surface area (Å²) in [6.07, 6.45) is 45.1. The average molecular weight is 625 g/mol. The SMILES string of the molecule is CCCCCCCCCCCCCCCCCCCC(=O)O.CCCCCCCCCCCCCCCCCCOC(C)=O. The van der Waals surface area contributed by atoms with E-state index in [9.17, 15) is 9.59 Å². The van der Waals surface area contributed by atoms with Crippen LogP contribution in [-0.2, 0) is 14.3 Å². The van der Waals surface area contributed by atoms with E-state index in [1.54, 1.807) is 0 Å². The predicted molar refractivity (Wildman–Crippen MR) is 193 cm³/mol. The highest BCUT2D eigenvalue weighted by molar-refractivity contribution is 5.66. The van der Waals surface area contributed by atoms with Gasteiger partial charge in [0, 0.05) is 13.3 Å². The quantitative estimate of drug-likeness (QED) is 0.0563. The zero-order chi connectivity index (χ0) is 32.6. The normalized spacial score (nSPS) is 10.9. The second-order valence-electron chi connectivity index (χ2n) is 13.4. The maximum Gasteiger partial charge on any atom is 0.303 e. The molecule has 0 heterocycles. The van der Waals surface area contributed by atoms with Crippen LogP contribution in [0.3, 0.4) is 0 Å². The van der Waals surface area contributed by atoms with Crippen LogP contribution in [0.4, 0.5) is 0 Å². The molecule has 0 saturated heterocycles. The minimum atomic E-state index is -0.652. The van der Waals surface area contributed by atoms with Crippen LogP contribution in [0, 0.1) is 0 Å². The molecule has 0 fully saturated rings. The Kier molecular flexibility index (Phi) is 43.0. The van der Waals surface area contributed by atoms with Crippen molar-refractivity contribution in [1.82, 2.24) is 0 Å². The number of carboxylic acid groups (broad SMARTS) is 1. The molecule has 4 nitrogen and oxygen atoms in total. The van der Waals surface area contributed by atoms with Crippen LogP contribution in [0.5, 0.6) is 0 Å². The van der Waals surface area contributed by atoms with Crippen molar-refractivity contribution in [3.05, 3.63) is 0 Å². The third-order valence-corrected chi connectivity index (χ3v) is 8.80. The summed E-state index contributed by atoms with van der Waals surface area (Å²) in [6.45, 7) is 6.64. The van der Waals surface area contributed by atoms with Gasteiger partial charge in [-0.1, -0.05) is 213 Å². The lowest BCUT2D eigenvalue weighted by atomic mass is 10.0. The number of rotatable bonds is 35. The molecule has 0 aliphatic carbocycles. The van der Waals surface area contributed by atoms with Crippen LogP contribution in [0.2, 0.25) is 0 Å². The van der Waals surface area contributed by atoms with E-state index in [1.165, 1.54) is 200 Å². The maximum absolute atomic E-state index is 10.6. The van der Waals surface area contributed by atoms with Crippen LogP contribution in [0.25, 0.3) is 0 Å². The topological polar surface area (TPSA) is 63.6 Å². The predicted octanol–water partition coefficient (Wildman–Crippen LogP) is 13.9. The van der Waals surface area contributed by atoms with Crippen molar-refractivity contribution in [2.45, 2.75) is 239 Å². The van der Waals surface area contributed by atoms with Crippen molar-refractivity contribution in [3.8, 4) is 0 Å². The van der Waals surface area contributed by atoms with Crippen LogP contribution in [-0.4, -0.2) is 23.7 Å². The molecule has 264 valence electrons. The lowest BCUT2D eigenvalue weighted by Gasteiger charge is -2.04. The molecule has 1 N–H and O–H groups in total. The van der Waals surface area contributed by atoms with E-state index in [0.717, 1.165) is 19.3 Å². The number of esters is 1. The Labute approximate surface area is 276 Å². The Morgan fingerprint density at radius 3 is 0.841 bits per heavy atom. The highest BCUT2D eigenvalue weighted by Gasteiger charge is 1.98. The van der Waals surface area contributed by atoms with Gasteiger partial charge in [-0.3, -0.25) is 9.59 Å². The van der Waals surface area contributed by atoms with Crippen molar-refractivity contribution in [1.29, 1.82) is 0 Å². The lowest BCUT2D eigenvalue weighted by Crippen LogP contribution is -2.00. The first kappa shape index (κ1) is 45.1. The van der Waals surface area contributed by atoms with Gasteiger partial charge in [0.2, 0.25) is 0 Å². The van der Waals surface area contributed by atoms with Gasteiger partial charge in [0.25, 0.3) is 0 Å². The summed E-state index contributed by atoms with van der Waals surface area (Å²) in [4.78, 5) is 20.9. The van der Waals surface area contributed by atoms with Crippen molar-refractivity contribution in [3.63, 3.8) is 0 Å². The molecule has 0 bridgehead atoms. The number of aliphatic carboxylic acids is 1. The Balaban J connectivity index is 0. The molecule has 44 heavy (non-hydrogen) atoms. The summed E-state index contributed by atoms with van der Waals surface area (Å²) < 4.78 is 4.92. The Bertz CT molecular complexity index is 499. The number of carbonyl (C=O) groups excluding carboxylic acids is 1. The first-order chi connectivity index (χ1) is 21.5. The first-order valence-electron chi connectivity index (χ1n) is 19.9. The van der Waals surface area contributed by atoms with Gasteiger partial charge in [-0.05, 0) is 12.8 Å². The van der Waals surface area contributed by atoms with E-state index in [0.29, 0.717) is 13.0 Å². The van der Waals surface area contributed by atoms with E-state index >= 15 is 0 Å². The van der Waals surface area contributed by atoms with Crippen molar-refractivity contribution < 1.29 is 19.4 Å². The molecular formula is C40H80O4. The average Bonchev–Trinajstić information content (AvgIpc) is 3.00. The number of carboxylic acids is 1. The fourth-order valence-corrected chi connectivity index (χ4v) is 5.87. The molecule has 0 atom stereocenters. The molecule has 0 unspecified atom stereocenters. The summed E-state index contributed by atoms with van der Waals surface area (Å²) in [7, 11) is 0. The minimum absolute atomic E-state index is 0.152. The molecule has 0 radical (unpaired) electrons. The Hall–Kier alpha value is -1.06. The van der Waals surface area contributed by atoms with Gasteiger partial charge in [0.05, 0.1) is 6.61 Å². The van der Waals surface area contributed by atoms with Gasteiger partial charge in [-0.15, -0.1) is 0 Å². The fourth-order valence-electron chi connectivity index (χ4n) is 5.87. The molecule has 0 saturated carbocycles. The molecule has 0 aliphatic rings. The second kappa shape index (κ2) is 41.9. The molecule has 0 aliphatic heterocycles. The summed E-state index contributed by atoms with van der Waals surface area (Å²) in [6, 6.07) is 0. The Morgan fingerprint density at radius 1 is 0.386 bits per heavy atom. The van der Waals surface area contributed by atoms with Gasteiger partial charge >= 0.3 is 11.9 Å². The largest absolute Gasteiger partial charge is 0.481 e. The zero-order valence-corrected chi connectivity index (χ0v) is 30.4. The molecule has 0 aromatic rings.